The highest BCUT2D eigenvalue weighted by molar-refractivity contribution is 7.54. The van der Waals surface area contributed by atoms with Gasteiger partial charge < -0.3 is 4.89 Å². The molecule has 0 aliphatic carbocycles. The van der Waals surface area contributed by atoms with Gasteiger partial charge in [-0.25, -0.2) is 4.57 Å². The van der Waals surface area contributed by atoms with Gasteiger partial charge in [0.2, 0.25) is 0 Å². The van der Waals surface area contributed by atoms with Crippen LogP contribution >= 0.6 is 7.75 Å². The lowest BCUT2D eigenvalue weighted by molar-refractivity contribution is 0.254. The fraction of sp³-hybridized carbons (Fsp3) is 0.267. The van der Waals surface area contributed by atoms with Crippen LogP contribution in [0.25, 0.3) is 0 Å². The van der Waals surface area contributed by atoms with Gasteiger partial charge in [-0.1, -0.05) is 24.3 Å². The number of benzene rings is 1. The smallest absolute Gasteiger partial charge is 0.308 e. The molecular weight excluding hydrogens is 287 g/mol. The van der Waals surface area contributed by atoms with Crippen LogP contribution in [0.1, 0.15) is 12.1 Å². The van der Waals surface area contributed by atoms with E-state index in [2.05, 4.69) is 4.98 Å². The van der Waals surface area contributed by atoms with Crippen molar-refractivity contribution in [3.63, 3.8) is 0 Å². The molecule has 112 valence electrons. The quantitative estimate of drug-likeness (QED) is 0.628. The summed E-state index contributed by atoms with van der Waals surface area (Å²) in [6, 6.07) is 14.7. The molecular formula is C15H19N2O3P. The Kier molecular flexibility index (Phi) is 5.51. The second-order valence-electron chi connectivity index (χ2n) is 4.61. The van der Waals surface area contributed by atoms with E-state index in [0.29, 0.717) is 12.1 Å². The first-order valence-electron chi connectivity index (χ1n) is 6.76. The van der Waals surface area contributed by atoms with Crippen LogP contribution in [0.3, 0.4) is 0 Å². The van der Waals surface area contributed by atoms with Gasteiger partial charge in [0.05, 0.1) is 6.61 Å². The lowest BCUT2D eigenvalue weighted by Gasteiger charge is -2.24. The van der Waals surface area contributed by atoms with E-state index >= 15 is 0 Å². The van der Waals surface area contributed by atoms with Crippen molar-refractivity contribution in [3.05, 3.63) is 60.4 Å². The molecule has 5 nitrogen and oxygen atoms in total. The Morgan fingerprint density at radius 3 is 2.57 bits per heavy atom. The molecule has 2 rings (SSSR count). The van der Waals surface area contributed by atoms with E-state index in [4.69, 9.17) is 4.52 Å². The summed E-state index contributed by atoms with van der Waals surface area (Å²) >= 11 is 0. The Labute approximate surface area is 124 Å². The van der Waals surface area contributed by atoms with Crippen LogP contribution in [0.15, 0.2) is 54.7 Å². The molecule has 1 heterocycles. The van der Waals surface area contributed by atoms with E-state index in [1.807, 2.05) is 36.4 Å². The van der Waals surface area contributed by atoms with Crippen molar-refractivity contribution in [2.75, 3.05) is 18.3 Å². The largest absolute Gasteiger partial charge is 0.432 e. The number of nitrogens with zero attached hydrogens (tertiary/aromatic N) is 2. The number of pyridine rings is 1. The van der Waals surface area contributed by atoms with Crippen LogP contribution in [0.2, 0.25) is 0 Å². The summed E-state index contributed by atoms with van der Waals surface area (Å²) in [4.78, 5) is 14.2. The van der Waals surface area contributed by atoms with Gasteiger partial charge in [-0.3, -0.25) is 14.2 Å². The average Bonchev–Trinajstić information content (AvgIpc) is 2.53. The molecule has 1 N–H and O–H groups in total. The summed E-state index contributed by atoms with van der Waals surface area (Å²) in [7, 11) is -2.26. The van der Waals surface area contributed by atoms with Crippen molar-refractivity contribution >= 4 is 13.4 Å². The second-order valence-corrected chi connectivity index (χ2v) is 6.45. The van der Waals surface area contributed by atoms with Gasteiger partial charge in [-0.15, -0.1) is 0 Å². The lowest BCUT2D eigenvalue weighted by Crippen LogP contribution is -2.15. The molecule has 0 saturated heterocycles. The molecule has 0 radical (unpaired) electrons. The Morgan fingerprint density at radius 2 is 1.90 bits per heavy atom. The topological polar surface area (TPSA) is 62.7 Å². The van der Waals surface area contributed by atoms with Gasteiger partial charge in [-0.05, 0) is 37.1 Å². The predicted molar refractivity (Wildman–Crippen MR) is 83.2 cm³/mol. The minimum atomic E-state index is -3.81. The fourth-order valence-corrected chi connectivity index (χ4v) is 2.82. The number of hydrogen-bond acceptors (Lipinski definition) is 3. The standard InChI is InChI=1S/C15H19N2O3P/c1-17(15-10-3-2-4-11-15)21(18,19)20-13-7-9-14-8-5-6-12-16-14/h2-6,8,10-12H,7,9,13H2,1H3,(H,18,19). The highest BCUT2D eigenvalue weighted by Crippen LogP contribution is 2.47. The first-order valence-corrected chi connectivity index (χ1v) is 8.29. The minimum absolute atomic E-state index is 0.210. The maximum atomic E-state index is 12.2. The third-order valence-electron chi connectivity index (χ3n) is 3.07. The fourth-order valence-electron chi connectivity index (χ4n) is 1.86. The van der Waals surface area contributed by atoms with Crippen LogP contribution in [0.4, 0.5) is 5.69 Å². The van der Waals surface area contributed by atoms with Crippen LogP contribution in [-0.4, -0.2) is 23.5 Å². The molecule has 1 atom stereocenters. The summed E-state index contributed by atoms with van der Waals surface area (Å²) in [6.45, 7) is 0.210. The summed E-state index contributed by atoms with van der Waals surface area (Å²) in [6.07, 6.45) is 3.09. The predicted octanol–water partition coefficient (Wildman–Crippen LogP) is 3.27. The van der Waals surface area contributed by atoms with E-state index in [9.17, 15) is 9.46 Å². The van der Waals surface area contributed by atoms with Gasteiger partial charge in [0.15, 0.2) is 0 Å². The monoisotopic (exact) mass is 306 g/mol. The molecule has 0 bridgehead atoms. The normalized spacial score (nSPS) is 13.6. The summed E-state index contributed by atoms with van der Waals surface area (Å²) in [5.74, 6) is 0. The van der Waals surface area contributed by atoms with Crippen LogP contribution in [0, 0.1) is 0 Å². The molecule has 0 aliphatic heterocycles. The molecule has 0 aliphatic rings. The number of para-hydroxylation sites is 1. The molecule has 2 aromatic rings. The van der Waals surface area contributed by atoms with Gasteiger partial charge in [-0.2, -0.15) is 0 Å². The first-order chi connectivity index (χ1) is 10.1. The van der Waals surface area contributed by atoms with E-state index in [1.54, 1.807) is 25.4 Å². The summed E-state index contributed by atoms with van der Waals surface area (Å²) in [5, 5.41) is 0. The molecule has 0 amide bonds. The van der Waals surface area contributed by atoms with E-state index < -0.39 is 7.75 Å². The second kappa shape index (κ2) is 7.36. The third kappa shape index (κ3) is 4.67. The highest BCUT2D eigenvalue weighted by Gasteiger charge is 2.26. The average molecular weight is 306 g/mol. The molecule has 0 saturated carbocycles. The van der Waals surface area contributed by atoms with Crippen molar-refractivity contribution in [3.8, 4) is 0 Å². The zero-order valence-electron chi connectivity index (χ0n) is 11.9. The Morgan fingerprint density at radius 1 is 1.19 bits per heavy atom. The number of rotatable bonds is 7. The van der Waals surface area contributed by atoms with Crippen molar-refractivity contribution in [1.29, 1.82) is 0 Å². The van der Waals surface area contributed by atoms with Gasteiger partial charge in [0, 0.05) is 24.6 Å². The number of hydrogen-bond donors (Lipinski definition) is 1. The van der Waals surface area contributed by atoms with Crippen molar-refractivity contribution in [2.45, 2.75) is 12.8 Å². The molecule has 1 aromatic heterocycles. The maximum absolute atomic E-state index is 12.2. The lowest BCUT2D eigenvalue weighted by atomic mass is 10.2. The zero-order chi connectivity index (χ0) is 15.1. The van der Waals surface area contributed by atoms with Crippen molar-refractivity contribution in [2.24, 2.45) is 0 Å². The van der Waals surface area contributed by atoms with Crippen molar-refractivity contribution < 1.29 is 14.0 Å². The number of aromatic nitrogens is 1. The number of aryl methyl sites for hydroxylation is 1. The molecule has 1 unspecified atom stereocenters. The Bertz CT molecular complexity index is 592. The summed E-state index contributed by atoms with van der Waals surface area (Å²) < 4.78 is 18.6. The third-order valence-corrected chi connectivity index (χ3v) is 4.58. The number of anilines is 1. The van der Waals surface area contributed by atoms with Crippen LogP contribution < -0.4 is 4.67 Å². The summed E-state index contributed by atoms with van der Waals surface area (Å²) in [5.41, 5.74) is 1.60. The molecule has 6 heteroatoms. The molecule has 0 spiro atoms. The SMILES string of the molecule is CN(c1ccccc1)P(=O)(O)OCCCc1ccccn1. The van der Waals surface area contributed by atoms with Crippen LogP contribution in [0.5, 0.6) is 0 Å². The Hall–Kier alpha value is -1.68. The Balaban J connectivity index is 1.83. The van der Waals surface area contributed by atoms with E-state index in [0.717, 1.165) is 12.1 Å². The van der Waals surface area contributed by atoms with Gasteiger partial charge in [0.1, 0.15) is 0 Å². The zero-order valence-corrected chi connectivity index (χ0v) is 12.8. The van der Waals surface area contributed by atoms with E-state index in [-0.39, 0.29) is 6.61 Å². The minimum Gasteiger partial charge on any atom is -0.308 e. The van der Waals surface area contributed by atoms with E-state index in [1.165, 1.54) is 4.67 Å². The van der Waals surface area contributed by atoms with Gasteiger partial charge >= 0.3 is 7.75 Å². The maximum Gasteiger partial charge on any atom is 0.432 e. The van der Waals surface area contributed by atoms with Gasteiger partial charge in [0.25, 0.3) is 0 Å². The van der Waals surface area contributed by atoms with Crippen molar-refractivity contribution in [1.82, 2.24) is 4.98 Å². The first kappa shape index (κ1) is 15.7. The van der Waals surface area contributed by atoms with Crippen LogP contribution in [-0.2, 0) is 15.5 Å². The molecule has 0 fully saturated rings. The molecule has 21 heavy (non-hydrogen) atoms. The molecule has 1 aromatic carbocycles. The highest BCUT2D eigenvalue weighted by atomic mass is 31.2.